The summed E-state index contributed by atoms with van der Waals surface area (Å²) in [5.74, 6) is 3.15. The second-order valence-electron chi connectivity index (χ2n) is 8.26. The number of amides is 1. The Morgan fingerprint density at radius 3 is 2.81 bits per heavy atom. The lowest BCUT2D eigenvalue weighted by atomic mass is 10.0. The topological polar surface area (TPSA) is 57.2 Å². The predicted octanol–water partition coefficient (Wildman–Crippen LogP) is 4.17. The Bertz CT molecular complexity index is 1030. The van der Waals surface area contributed by atoms with Gasteiger partial charge in [0.15, 0.2) is 11.5 Å². The quantitative estimate of drug-likeness (QED) is 0.694. The molecule has 0 aliphatic carbocycles. The van der Waals surface area contributed by atoms with Gasteiger partial charge in [-0.05, 0) is 55.7 Å². The summed E-state index contributed by atoms with van der Waals surface area (Å²) in [6.07, 6.45) is 6.42. The third kappa shape index (κ3) is 3.82. The van der Waals surface area contributed by atoms with Gasteiger partial charge in [-0.25, -0.2) is 0 Å². The lowest BCUT2D eigenvalue weighted by molar-refractivity contribution is -0.126. The fourth-order valence-corrected chi connectivity index (χ4v) is 4.66. The molecule has 0 bridgehead atoms. The molecule has 0 saturated carbocycles. The van der Waals surface area contributed by atoms with Crippen LogP contribution >= 0.6 is 0 Å². The van der Waals surface area contributed by atoms with Gasteiger partial charge in [-0.3, -0.25) is 4.79 Å². The van der Waals surface area contributed by atoms with Crippen molar-refractivity contribution in [1.82, 2.24) is 4.90 Å². The highest BCUT2D eigenvalue weighted by atomic mass is 16.6. The van der Waals surface area contributed by atoms with Crippen LogP contribution in [0.15, 0.2) is 36.4 Å². The smallest absolute Gasteiger partial charge is 0.247 e. The summed E-state index contributed by atoms with van der Waals surface area (Å²) in [7, 11) is 1.65. The Kier molecular flexibility index (Phi) is 5.22. The summed E-state index contributed by atoms with van der Waals surface area (Å²) in [6, 6.07) is 10.0. The highest BCUT2D eigenvalue weighted by molar-refractivity contribution is 5.92. The molecule has 0 spiro atoms. The van der Waals surface area contributed by atoms with E-state index >= 15 is 0 Å². The second-order valence-corrected chi connectivity index (χ2v) is 8.26. The second kappa shape index (κ2) is 8.17. The third-order valence-corrected chi connectivity index (χ3v) is 6.14. The normalized spacial score (nSPS) is 21.8. The predicted molar refractivity (Wildman–Crippen MR) is 117 cm³/mol. The van der Waals surface area contributed by atoms with Crippen molar-refractivity contribution in [3.63, 3.8) is 0 Å². The maximum atomic E-state index is 13.1. The molecule has 2 aromatic rings. The van der Waals surface area contributed by atoms with Gasteiger partial charge in [0.05, 0.1) is 13.2 Å². The number of carbonyl (C=O) groups is 1. The first-order chi connectivity index (χ1) is 15.1. The van der Waals surface area contributed by atoms with Crippen LogP contribution in [-0.4, -0.2) is 43.8 Å². The number of carbonyl (C=O) groups excluding carboxylic acids is 1. The van der Waals surface area contributed by atoms with Crippen LogP contribution in [0.25, 0.3) is 6.08 Å². The van der Waals surface area contributed by atoms with E-state index in [9.17, 15) is 4.79 Å². The summed E-state index contributed by atoms with van der Waals surface area (Å²) in [4.78, 5) is 15.0. The van der Waals surface area contributed by atoms with Crippen molar-refractivity contribution in [3.05, 3.63) is 53.1 Å². The number of fused-ring (bicyclic) bond motifs is 2. The molecule has 0 N–H and O–H groups in total. The number of hydrogen-bond acceptors (Lipinski definition) is 5. The number of likely N-dealkylation sites (tertiary alicyclic amines) is 1. The van der Waals surface area contributed by atoms with Crippen molar-refractivity contribution in [2.24, 2.45) is 0 Å². The zero-order valence-electron chi connectivity index (χ0n) is 17.9. The molecular formula is C25H27NO5. The average molecular weight is 421 g/mol. The van der Waals surface area contributed by atoms with Crippen LogP contribution in [0.3, 0.4) is 0 Å². The molecule has 0 radical (unpaired) electrons. The highest BCUT2D eigenvalue weighted by Crippen LogP contribution is 2.39. The van der Waals surface area contributed by atoms with Gasteiger partial charge < -0.3 is 23.8 Å². The van der Waals surface area contributed by atoms with Crippen molar-refractivity contribution in [1.29, 1.82) is 0 Å². The minimum atomic E-state index is -0.00535. The van der Waals surface area contributed by atoms with Crippen molar-refractivity contribution in [2.45, 2.75) is 38.3 Å². The number of ether oxygens (including phenoxy) is 4. The molecular weight excluding hydrogens is 394 g/mol. The number of nitrogens with zero attached hydrogens (tertiary/aromatic N) is 1. The summed E-state index contributed by atoms with van der Waals surface area (Å²) in [5.41, 5.74) is 3.07. The Balaban J connectivity index is 1.35. The van der Waals surface area contributed by atoms with Crippen LogP contribution < -0.4 is 18.9 Å². The standard InChI is InChI=1S/C25H27NO5/c1-16-12-19-15-22(28-2)18(14-23(19)31-16)6-8-25(27)26-9-3-4-20(26)17-5-7-21-24(13-17)30-11-10-29-21/h5-8,13-16,20H,3-4,9-12H2,1-2H3. The average Bonchev–Trinajstić information content (AvgIpc) is 3.42. The molecule has 3 heterocycles. The summed E-state index contributed by atoms with van der Waals surface area (Å²) in [6.45, 7) is 3.92. The van der Waals surface area contributed by atoms with Crippen molar-refractivity contribution >= 4 is 12.0 Å². The largest absolute Gasteiger partial charge is 0.496 e. The number of rotatable bonds is 4. The lowest BCUT2D eigenvalue weighted by Gasteiger charge is -2.26. The van der Waals surface area contributed by atoms with Crippen LogP contribution in [0.2, 0.25) is 0 Å². The van der Waals surface area contributed by atoms with E-state index in [2.05, 4.69) is 6.92 Å². The Hall–Kier alpha value is -3.15. The van der Waals surface area contributed by atoms with Gasteiger partial charge >= 0.3 is 0 Å². The zero-order valence-corrected chi connectivity index (χ0v) is 17.9. The Morgan fingerprint density at radius 1 is 1.13 bits per heavy atom. The monoisotopic (exact) mass is 421 g/mol. The maximum Gasteiger partial charge on any atom is 0.247 e. The molecule has 2 atom stereocenters. The maximum absolute atomic E-state index is 13.1. The van der Waals surface area contributed by atoms with E-state index in [-0.39, 0.29) is 18.1 Å². The zero-order chi connectivity index (χ0) is 21.4. The first-order valence-corrected chi connectivity index (χ1v) is 10.9. The van der Waals surface area contributed by atoms with Crippen LogP contribution in [0, 0.1) is 0 Å². The molecule has 1 amide bonds. The van der Waals surface area contributed by atoms with E-state index < -0.39 is 0 Å². The first kappa shape index (κ1) is 19.8. The van der Waals surface area contributed by atoms with E-state index in [1.807, 2.05) is 41.3 Å². The fourth-order valence-electron chi connectivity index (χ4n) is 4.66. The van der Waals surface area contributed by atoms with Gasteiger partial charge in [0, 0.05) is 30.2 Å². The summed E-state index contributed by atoms with van der Waals surface area (Å²) >= 11 is 0. The minimum Gasteiger partial charge on any atom is -0.496 e. The van der Waals surface area contributed by atoms with Gasteiger partial charge in [-0.2, -0.15) is 0 Å². The molecule has 31 heavy (non-hydrogen) atoms. The van der Waals surface area contributed by atoms with Gasteiger partial charge in [0.25, 0.3) is 0 Å². The number of hydrogen-bond donors (Lipinski definition) is 0. The van der Waals surface area contributed by atoms with Gasteiger partial charge in [-0.15, -0.1) is 0 Å². The molecule has 2 unspecified atom stereocenters. The molecule has 6 nitrogen and oxygen atoms in total. The van der Waals surface area contributed by atoms with Gasteiger partial charge in [0.2, 0.25) is 5.91 Å². The molecule has 162 valence electrons. The summed E-state index contributed by atoms with van der Waals surface area (Å²) in [5, 5.41) is 0. The van der Waals surface area contributed by atoms with Crippen LogP contribution in [0.1, 0.15) is 42.5 Å². The van der Waals surface area contributed by atoms with E-state index in [4.69, 9.17) is 18.9 Å². The molecule has 1 fully saturated rings. The van der Waals surface area contributed by atoms with Gasteiger partial charge in [-0.1, -0.05) is 6.07 Å². The molecule has 3 aliphatic heterocycles. The number of benzene rings is 2. The molecule has 2 aromatic carbocycles. The van der Waals surface area contributed by atoms with E-state index in [0.29, 0.717) is 13.2 Å². The van der Waals surface area contributed by atoms with Crippen LogP contribution in [0.5, 0.6) is 23.0 Å². The molecule has 3 aliphatic rings. The Morgan fingerprint density at radius 2 is 1.97 bits per heavy atom. The van der Waals surface area contributed by atoms with Crippen molar-refractivity contribution in [3.8, 4) is 23.0 Å². The third-order valence-electron chi connectivity index (χ3n) is 6.14. The molecule has 6 heteroatoms. The van der Waals surface area contributed by atoms with Crippen molar-refractivity contribution in [2.75, 3.05) is 26.9 Å². The van der Waals surface area contributed by atoms with E-state index in [1.54, 1.807) is 13.2 Å². The van der Waals surface area contributed by atoms with Crippen LogP contribution in [0.4, 0.5) is 0 Å². The fraction of sp³-hybridized carbons (Fsp3) is 0.400. The highest BCUT2D eigenvalue weighted by Gasteiger charge is 2.30. The molecule has 5 rings (SSSR count). The van der Waals surface area contributed by atoms with Crippen LogP contribution in [-0.2, 0) is 11.2 Å². The number of methoxy groups -OCH3 is 1. The SMILES string of the molecule is COc1cc2c(cc1C=CC(=O)N1CCCC1c1ccc3c(c1)OCCO3)OC(C)C2. The van der Waals surface area contributed by atoms with Crippen molar-refractivity contribution < 1.29 is 23.7 Å². The van der Waals surface area contributed by atoms with Gasteiger partial charge in [0.1, 0.15) is 30.8 Å². The summed E-state index contributed by atoms with van der Waals surface area (Å²) < 4.78 is 22.8. The lowest BCUT2D eigenvalue weighted by Crippen LogP contribution is -2.29. The van der Waals surface area contributed by atoms with E-state index in [1.165, 1.54) is 0 Å². The minimum absolute atomic E-state index is 0.00535. The van der Waals surface area contributed by atoms with E-state index in [0.717, 1.165) is 65.5 Å². The molecule has 1 saturated heterocycles. The molecule has 0 aromatic heterocycles. The first-order valence-electron chi connectivity index (χ1n) is 10.9. The Labute approximate surface area is 182 Å².